The van der Waals surface area contributed by atoms with Crippen LogP contribution in [0.25, 0.3) is 0 Å². The summed E-state index contributed by atoms with van der Waals surface area (Å²) < 4.78 is 0. The fraction of sp³-hybridized carbons (Fsp3) is 0.143. The third kappa shape index (κ3) is 3.47. The molecule has 0 radical (unpaired) electrons. The molecule has 1 nitrogen and oxygen atoms in total. The third-order valence-electron chi connectivity index (χ3n) is 2.67. The highest BCUT2D eigenvalue weighted by Crippen LogP contribution is 2.19. The molecule has 0 aliphatic carbocycles. The molecule has 0 saturated carbocycles. The minimum absolute atomic E-state index is 0.0200. The van der Waals surface area contributed by atoms with Gasteiger partial charge in [-0.1, -0.05) is 47.5 Å². The van der Waals surface area contributed by atoms with Crippen LogP contribution in [0.2, 0.25) is 10.0 Å². The van der Waals surface area contributed by atoms with Crippen molar-refractivity contribution in [3.8, 4) is 0 Å². The maximum absolute atomic E-state index is 6.14. The SMILES string of the molecule is NC(Cc1ccc(Cl)cc1)c1ccc(Cl)cc1. The topological polar surface area (TPSA) is 26.0 Å². The lowest BCUT2D eigenvalue weighted by atomic mass is 10.00. The predicted octanol–water partition coefficient (Wildman–Crippen LogP) is 4.24. The van der Waals surface area contributed by atoms with Crippen LogP contribution < -0.4 is 5.73 Å². The first-order chi connectivity index (χ1) is 8.15. The van der Waals surface area contributed by atoms with Gasteiger partial charge in [0.1, 0.15) is 0 Å². The zero-order valence-electron chi connectivity index (χ0n) is 9.24. The second-order valence-corrected chi connectivity index (χ2v) is 4.86. The average Bonchev–Trinajstić information content (AvgIpc) is 2.33. The van der Waals surface area contributed by atoms with E-state index >= 15 is 0 Å². The number of rotatable bonds is 3. The van der Waals surface area contributed by atoms with Crippen molar-refractivity contribution in [3.05, 3.63) is 69.7 Å². The molecule has 0 aliphatic rings. The molecule has 3 heteroatoms. The Balaban J connectivity index is 2.08. The Bertz CT molecular complexity index is 477. The molecule has 0 bridgehead atoms. The van der Waals surface area contributed by atoms with Gasteiger partial charge < -0.3 is 5.73 Å². The van der Waals surface area contributed by atoms with Gasteiger partial charge in [-0.15, -0.1) is 0 Å². The summed E-state index contributed by atoms with van der Waals surface area (Å²) in [4.78, 5) is 0. The summed E-state index contributed by atoms with van der Waals surface area (Å²) >= 11 is 11.7. The van der Waals surface area contributed by atoms with Crippen molar-refractivity contribution in [2.45, 2.75) is 12.5 Å². The van der Waals surface area contributed by atoms with Crippen LogP contribution in [0.15, 0.2) is 48.5 Å². The molecule has 0 fully saturated rings. The van der Waals surface area contributed by atoms with Gasteiger partial charge in [-0.3, -0.25) is 0 Å². The van der Waals surface area contributed by atoms with E-state index in [0.717, 1.165) is 22.0 Å². The van der Waals surface area contributed by atoms with Crippen LogP contribution in [-0.4, -0.2) is 0 Å². The summed E-state index contributed by atoms with van der Waals surface area (Å²) in [6.45, 7) is 0. The monoisotopic (exact) mass is 265 g/mol. The van der Waals surface area contributed by atoms with Gasteiger partial charge >= 0.3 is 0 Å². The predicted molar refractivity (Wildman–Crippen MR) is 73.5 cm³/mol. The lowest BCUT2D eigenvalue weighted by Gasteiger charge is -2.12. The van der Waals surface area contributed by atoms with Crippen molar-refractivity contribution >= 4 is 23.2 Å². The molecule has 2 N–H and O–H groups in total. The molecule has 0 heterocycles. The number of halogens is 2. The highest BCUT2D eigenvalue weighted by Gasteiger charge is 2.06. The van der Waals surface area contributed by atoms with Crippen LogP contribution in [0.5, 0.6) is 0 Å². The summed E-state index contributed by atoms with van der Waals surface area (Å²) in [5.41, 5.74) is 8.40. The fourth-order valence-corrected chi connectivity index (χ4v) is 1.95. The van der Waals surface area contributed by atoms with Crippen LogP contribution in [0, 0.1) is 0 Å². The van der Waals surface area contributed by atoms with Gasteiger partial charge in [-0.2, -0.15) is 0 Å². The summed E-state index contributed by atoms with van der Waals surface area (Å²) in [5, 5.41) is 1.47. The van der Waals surface area contributed by atoms with E-state index in [4.69, 9.17) is 28.9 Å². The van der Waals surface area contributed by atoms with Gasteiger partial charge in [0.05, 0.1) is 0 Å². The first-order valence-corrected chi connectivity index (χ1v) is 6.16. The minimum Gasteiger partial charge on any atom is -0.324 e. The Labute approximate surface area is 111 Å². The van der Waals surface area contributed by atoms with Gasteiger partial charge in [0.25, 0.3) is 0 Å². The van der Waals surface area contributed by atoms with E-state index in [-0.39, 0.29) is 6.04 Å². The highest BCUT2D eigenvalue weighted by molar-refractivity contribution is 6.30. The van der Waals surface area contributed by atoms with Gasteiger partial charge in [0.2, 0.25) is 0 Å². The molecule has 0 spiro atoms. The maximum atomic E-state index is 6.14. The van der Waals surface area contributed by atoms with Crippen LogP contribution in [0.3, 0.4) is 0 Å². The largest absolute Gasteiger partial charge is 0.324 e. The molecule has 1 atom stereocenters. The number of benzene rings is 2. The van der Waals surface area contributed by atoms with Crippen LogP contribution in [-0.2, 0) is 6.42 Å². The van der Waals surface area contributed by atoms with E-state index in [1.807, 2.05) is 48.5 Å². The van der Waals surface area contributed by atoms with Crippen molar-refractivity contribution in [1.82, 2.24) is 0 Å². The van der Waals surface area contributed by atoms with Crippen LogP contribution in [0.1, 0.15) is 17.2 Å². The third-order valence-corrected chi connectivity index (χ3v) is 3.17. The smallest absolute Gasteiger partial charge is 0.0406 e. The van der Waals surface area contributed by atoms with E-state index in [2.05, 4.69) is 0 Å². The summed E-state index contributed by atoms with van der Waals surface area (Å²) in [6.07, 6.45) is 0.790. The molecule has 0 amide bonds. The molecule has 0 saturated heterocycles. The fourth-order valence-electron chi connectivity index (χ4n) is 1.70. The van der Waals surface area contributed by atoms with Gasteiger partial charge in [0, 0.05) is 16.1 Å². The summed E-state index contributed by atoms with van der Waals surface area (Å²) in [5.74, 6) is 0. The Morgan fingerprint density at radius 1 is 0.824 bits per heavy atom. The first-order valence-electron chi connectivity index (χ1n) is 5.40. The maximum Gasteiger partial charge on any atom is 0.0406 e. The Kier molecular flexibility index (Phi) is 4.06. The molecule has 2 aromatic carbocycles. The summed E-state index contributed by atoms with van der Waals surface area (Å²) in [6, 6.07) is 15.4. The number of nitrogens with two attached hydrogens (primary N) is 1. The van der Waals surface area contributed by atoms with Crippen LogP contribution in [0.4, 0.5) is 0 Å². The standard InChI is InChI=1S/C14H13Cl2N/c15-12-5-1-10(2-6-12)9-14(17)11-3-7-13(16)8-4-11/h1-8,14H,9,17H2. The number of hydrogen-bond acceptors (Lipinski definition) is 1. The van der Waals surface area contributed by atoms with Gasteiger partial charge in [0.15, 0.2) is 0 Å². The molecule has 17 heavy (non-hydrogen) atoms. The second-order valence-electron chi connectivity index (χ2n) is 3.99. The Morgan fingerprint density at radius 3 is 1.82 bits per heavy atom. The lowest BCUT2D eigenvalue weighted by molar-refractivity contribution is 0.722. The molecular weight excluding hydrogens is 253 g/mol. The van der Waals surface area contributed by atoms with E-state index in [9.17, 15) is 0 Å². The van der Waals surface area contributed by atoms with Gasteiger partial charge in [-0.25, -0.2) is 0 Å². The zero-order valence-corrected chi connectivity index (χ0v) is 10.7. The Hall–Kier alpha value is -1.02. The molecule has 0 aliphatic heterocycles. The van der Waals surface area contributed by atoms with Gasteiger partial charge in [-0.05, 0) is 41.8 Å². The normalized spacial score (nSPS) is 12.4. The quantitative estimate of drug-likeness (QED) is 0.883. The first kappa shape index (κ1) is 12.4. The van der Waals surface area contributed by atoms with Crippen molar-refractivity contribution < 1.29 is 0 Å². The minimum atomic E-state index is -0.0200. The van der Waals surface area contributed by atoms with Crippen molar-refractivity contribution in [3.63, 3.8) is 0 Å². The molecule has 2 rings (SSSR count). The molecule has 2 aromatic rings. The van der Waals surface area contributed by atoms with Crippen molar-refractivity contribution in [1.29, 1.82) is 0 Å². The average molecular weight is 266 g/mol. The molecular formula is C14H13Cl2N. The lowest BCUT2D eigenvalue weighted by Crippen LogP contribution is -2.13. The van der Waals surface area contributed by atoms with Crippen LogP contribution >= 0.6 is 23.2 Å². The molecule has 0 aromatic heterocycles. The van der Waals surface area contributed by atoms with Crippen molar-refractivity contribution in [2.75, 3.05) is 0 Å². The van der Waals surface area contributed by atoms with Crippen molar-refractivity contribution in [2.24, 2.45) is 5.73 Å². The Morgan fingerprint density at radius 2 is 1.29 bits per heavy atom. The van der Waals surface area contributed by atoms with E-state index in [0.29, 0.717) is 0 Å². The molecule has 1 unspecified atom stereocenters. The zero-order chi connectivity index (χ0) is 12.3. The molecule has 88 valence electrons. The highest BCUT2D eigenvalue weighted by atomic mass is 35.5. The van der Waals surface area contributed by atoms with E-state index < -0.39 is 0 Å². The van der Waals surface area contributed by atoms with E-state index in [1.165, 1.54) is 5.56 Å². The van der Waals surface area contributed by atoms with E-state index in [1.54, 1.807) is 0 Å². The summed E-state index contributed by atoms with van der Waals surface area (Å²) in [7, 11) is 0. The second kappa shape index (κ2) is 5.54. The number of hydrogen-bond donors (Lipinski definition) is 1.